The summed E-state index contributed by atoms with van der Waals surface area (Å²) in [5, 5.41) is 6.51. The minimum absolute atomic E-state index is 0.131. The van der Waals surface area contributed by atoms with E-state index in [-0.39, 0.29) is 11.5 Å². The fourth-order valence-electron chi connectivity index (χ4n) is 2.60. The Morgan fingerprint density at radius 1 is 1.13 bits per heavy atom. The zero-order valence-corrected chi connectivity index (χ0v) is 18.6. The minimum Gasteiger partial charge on any atom is -0.493 e. The summed E-state index contributed by atoms with van der Waals surface area (Å²) in [5.41, 5.74) is 2.92. The van der Waals surface area contributed by atoms with Gasteiger partial charge in [-0.1, -0.05) is 26.0 Å². The third kappa shape index (κ3) is 5.79. The quantitative estimate of drug-likeness (QED) is 0.447. The van der Waals surface area contributed by atoms with Gasteiger partial charge in [0.1, 0.15) is 11.9 Å². The van der Waals surface area contributed by atoms with E-state index in [4.69, 9.17) is 9.47 Å². The molecule has 0 aromatic heterocycles. The number of hydrogen-bond acceptors (Lipinski definition) is 5. The Morgan fingerprint density at radius 3 is 2.37 bits per heavy atom. The smallest absolute Gasteiger partial charge is 0.262 e. The molecule has 0 saturated carbocycles. The number of hydrogen-bond donors (Lipinski definition) is 2. The first-order chi connectivity index (χ1) is 14.3. The molecule has 0 radical (unpaired) electrons. The van der Waals surface area contributed by atoms with Crippen LogP contribution in [0.25, 0.3) is 0 Å². The van der Waals surface area contributed by atoms with Crippen LogP contribution in [0.2, 0.25) is 0 Å². The third-order valence-electron chi connectivity index (χ3n) is 4.24. The van der Waals surface area contributed by atoms with E-state index in [9.17, 15) is 14.0 Å². The molecule has 0 heterocycles. The number of methoxy groups -OCH3 is 2. The van der Waals surface area contributed by atoms with Gasteiger partial charge in [0, 0.05) is 10.0 Å². The van der Waals surface area contributed by atoms with Crippen molar-refractivity contribution in [3.63, 3.8) is 0 Å². The lowest BCUT2D eigenvalue weighted by molar-refractivity contribution is -0.123. The number of carbonyl (C=O) groups is 2. The van der Waals surface area contributed by atoms with E-state index in [2.05, 4.69) is 31.8 Å². The van der Waals surface area contributed by atoms with E-state index in [1.807, 2.05) is 0 Å². The van der Waals surface area contributed by atoms with Crippen molar-refractivity contribution in [2.24, 2.45) is 11.0 Å². The molecule has 0 spiro atoms. The van der Waals surface area contributed by atoms with Gasteiger partial charge in [0.25, 0.3) is 11.8 Å². The molecule has 2 N–H and O–H groups in total. The zero-order chi connectivity index (χ0) is 22.3. The number of nitrogens with one attached hydrogen (secondary N) is 2. The Hall–Kier alpha value is -2.94. The molecule has 1 atom stereocenters. The van der Waals surface area contributed by atoms with Gasteiger partial charge in [0.15, 0.2) is 11.5 Å². The number of carbonyl (C=O) groups excluding carboxylic acids is 2. The first-order valence-corrected chi connectivity index (χ1v) is 9.87. The van der Waals surface area contributed by atoms with E-state index in [0.717, 1.165) is 0 Å². The van der Waals surface area contributed by atoms with Crippen LogP contribution in [-0.4, -0.2) is 38.3 Å². The average molecular weight is 480 g/mol. The molecule has 0 aliphatic rings. The van der Waals surface area contributed by atoms with E-state index in [1.165, 1.54) is 38.6 Å². The van der Waals surface area contributed by atoms with Gasteiger partial charge in [0.05, 0.1) is 26.0 Å². The van der Waals surface area contributed by atoms with Gasteiger partial charge in [-0.25, -0.2) is 9.82 Å². The lowest BCUT2D eigenvalue weighted by Crippen LogP contribution is -2.48. The lowest BCUT2D eigenvalue weighted by atomic mass is 10.0. The second kappa shape index (κ2) is 10.7. The maximum absolute atomic E-state index is 13.8. The maximum Gasteiger partial charge on any atom is 0.262 e. The number of halogens is 2. The molecule has 0 fully saturated rings. The van der Waals surface area contributed by atoms with Gasteiger partial charge in [-0.2, -0.15) is 5.10 Å². The lowest BCUT2D eigenvalue weighted by Gasteiger charge is -2.20. The van der Waals surface area contributed by atoms with Crippen LogP contribution in [0, 0.1) is 11.7 Å². The normalized spacial score (nSPS) is 12.0. The predicted octanol–water partition coefficient (Wildman–Crippen LogP) is 3.51. The minimum atomic E-state index is -0.900. The SMILES string of the molecule is COc1cc(Br)c(C=NNC(=O)C(NC(=O)c2ccccc2F)C(C)C)cc1OC. The zero-order valence-electron chi connectivity index (χ0n) is 17.0. The van der Waals surface area contributed by atoms with Crippen molar-refractivity contribution in [3.8, 4) is 11.5 Å². The van der Waals surface area contributed by atoms with Crippen molar-refractivity contribution in [2.45, 2.75) is 19.9 Å². The molecular formula is C21H23BrFN3O4. The number of hydrazone groups is 1. The summed E-state index contributed by atoms with van der Waals surface area (Å²) in [5.74, 6) is -1.05. The van der Waals surface area contributed by atoms with Crippen LogP contribution >= 0.6 is 15.9 Å². The number of ether oxygens (including phenoxy) is 2. The highest BCUT2D eigenvalue weighted by atomic mass is 79.9. The summed E-state index contributed by atoms with van der Waals surface area (Å²) < 4.78 is 25.0. The molecule has 160 valence electrons. The molecule has 2 rings (SSSR count). The maximum atomic E-state index is 13.8. The molecule has 0 saturated heterocycles. The fraction of sp³-hybridized carbons (Fsp3) is 0.286. The summed E-state index contributed by atoms with van der Waals surface area (Å²) in [6.07, 6.45) is 1.43. The van der Waals surface area contributed by atoms with Crippen LogP contribution in [0.1, 0.15) is 29.8 Å². The fourth-order valence-corrected chi connectivity index (χ4v) is 3.03. The largest absolute Gasteiger partial charge is 0.493 e. The molecule has 9 heteroatoms. The van der Waals surface area contributed by atoms with Crippen molar-refractivity contribution in [3.05, 3.63) is 57.8 Å². The third-order valence-corrected chi connectivity index (χ3v) is 4.92. The van der Waals surface area contributed by atoms with Crippen LogP contribution in [-0.2, 0) is 4.79 Å². The van der Waals surface area contributed by atoms with Gasteiger partial charge in [-0.05, 0) is 46.1 Å². The highest BCUT2D eigenvalue weighted by Crippen LogP contribution is 2.32. The van der Waals surface area contributed by atoms with E-state index in [0.29, 0.717) is 21.5 Å². The molecule has 2 amide bonds. The first kappa shape index (κ1) is 23.3. The number of amides is 2. The van der Waals surface area contributed by atoms with Crippen molar-refractivity contribution in [2.75, 3.05) is 14.2 Å². The topological polar surface area (TPSA) is 89.0 Å². The van der Waals surface area contributed by atoms with E-state index < -0.39 is 23.7 Å². The number of nitrogens with zero attached hydrogens (tertiary/aromatic N) is 1. The molecule has 1 unspecified atom stereocenters. The van der Waals surface area contributed by atoms with Crippen LogP contribution in [0.4, 0.5) is 4.39 Å². The number of rotatable bonds is 8. The summed E-state index contributed by atoms with van der Waals surface area (Å²) in [4.78, 5) is 24.9. The molecular weight excluding hydrogens is 457 g/mol. The highest BCUT2D eigenvalue weighted by Gasteiger charge is 2.25. The van der Waals surface area contributed by atoms with E-state index in [1.54, 1.807) is 32.0 Å². The molecule has 2 aromatic rings. The molecule has 30 heavy (non-hydrogen) atoms. The first-order valence-electron chi connectivity index (χ1n) is 9.08. The van der Waals surface area contributed by atoms with Crippen molar-refractivity contribution in [1.29, 1.82) is 0 Å². The number of benzene rings is 2. The van der Waals surface area contributed by atoms with Gasteiger partial charge in [-0.15, -0.1) is 0 Å². The van der Waals surface area contributed by atoms with Gasteiger partial charge >= 0.3 is 0 Å². The summed E-state index contributed by atoms with van der Waals surface area (Å²) in [7, 11) is 3.04. The average Bonchev–Trinajstić information content (AvgIpc) is 2.72. The molecule has 0 aliphatic carbocycles. The Balaban J connectivity index is 2.10. The van der Waals surface area contributed by atoms with Crippen LogP contribution in [0.3, 0.4) is 0 Å². The van der Waals surface area contributed by atoms with Crippen LogP contribution < -0.4 is 20.2 Å². The van der Waals surface area contributed by atoms with Crippen molar-refractivity contribution in [1.82, 2.24) is 10.7 Å². The predicted molar refractivity (Wildman–Crippen MR) is 115 cm³/mol. The molecule has 0 bridgehead atoms. The monoisotopic (exact) mass is 479 g/mol. The van der Waals surface area contributed by atoms with Gasteiger partial charge in [-0.3, -0.25) is 9.59 Å². The van der Waals surface area contributed by atoms with Gasteiger partial charge in [0.2, 0.25) is 0 Å². The second-order valence-electron chi connectivity index (χ2n) is 6.64. The van der Waals surface area contributed by atoms with Gasteiger partial charge < -0.3 is 14.8 Å². The summed E-state index contributed by atoms with van der Waals surface area (Å²) in [6.45, 7) is 3.53. The van der Waals surface area contributed by atoms with Crippen LogP contribution in [0.5, 0.6) is 11.5 Å². The summed E-state index contributed by atoms with van der Waals surface area (Å²) in [6, 6.07) is 8.08. The molecule has 7 nitrogen and oxygen atoms in total. The Labute approximate surface area is 182 Å². The van der Waals surface area contributed by atoms with Crippen molar-refractivity contribution < 1.29 is 23.5 Å². The van der Waals surface area contributed by atoms with Crippen LogP contribution in [0.15, 0.2) is 46.0 Å². The Kier molecular flexibility index (Phi) is 8.35. The molecule has 0 aliphatic heterocycles. The Morgan fingerprint density at radius 2 is 1.77 bits per heavy atom. The van der Waals surface area contributed by atoms with Crippen molar-refractivity contribution >= 4 is 34.0 Å². The highest BCUT2D eigenvalue weighted by molar-refractivity contribution is 9.10. The van der Waals surface area contributed by atoms with E-state index >= 15 is 0 Å². The second-order valence-corrected chi connectivity index (χ2v) is 7.49. The molecule has 2 aromatic carbocycles. The summed E-state index contributed by atoms with van der Waals surface area (Å²) >= 11 is 3.40. The standard InChI is InChI=1S/C21H23BrFN3O4/c1-12(2)19(25-20(27)14-7-5-6-8-16(14)23)21(28)26-24-11-13-9-17(29-3)18(30-4)10-15(13)22/h5-12,19H,1-4H3,(H,25,27)(H,26,28). The Bertz CT molecular complexity index is 950.